The zero-order valence-corrected chi connectivity index (χ0v) is 17.3. The lowest BCUT2D eigenvalue weighted by molar-refractivity contribution is -0.113. The van der Waals surface area contributed by atoms with E-state index in [0.717, 1.165) is 16.8 Å². The molecule has 0 spiro atoms. The monoisotopic (exact) mass is 413 g/mol. The summed E-state index contributed by atoms with van der Waals surface area (Å²) in [6.07, 6.45) is 0. The summed E-state index contributed by atoms with van der Waals surface area (Å²) in [5.41, 5.74) is 2.97. The number of methoxy groups -OCH3 is 1. The Labute approximate surface area is 173 Å². The predicted octanol–water partition coefficient (Wildman–Crippen LogP) is 2.93. The van der Waals surface area contributed by atoms with E-state index >= 15 is 0 Å². The average molecular weight is 414 g/mol. The van der Waals surface area contributed by atoms with Gasteiger partial charge in [-0.25, -0.2) is 4.68 Å². The first-order chi connectivity index (χ1) is 14.0. The number of hydrogen-bond acceptors (Lipinski definition) is 7. The standard InChI is InChI=1S/C20H23N5O3S/c1-13-6-4-9-17(14(13)2)22-19(26)12-29-20-24-23-18(25(20)21)11-28-16-8-5-7-15(10-16)27-3/h4-10H,11-12,21H2,1-3H3,(H,22,26). The van der Waals surface area contributed by atoms with Gasteiger partial charge in [-0.2, -0.15) is 0 Å². The lowest BCUT2D eigenvalue weighted by Gasteiger charge is -2.10. The predicted molar refractivity (Wildman–Crippen MR) is 113 cm³/mol. The van der Waals surface area contributed by atoms with Crippen LogP contribution < -0.4 is 20.6 Å². The van der Waals surface area contributed by atoms with E-state index < -0.39 is 0 Å². The van der Waals surface area contributed by atoms with Gasteiger partial charge < -0.3 is 20.6 Å². The summed E-state index contributed by atoms with van der Waals surface area (Å²) in [4.78, 5) is 12.3. The molecule has 0 unspecified atom stereocenters. The van der Waals surface area contributed by atoms with Crippen LogP contribution in [0.4, 0.5) is 5.69 Å². The molecule has 0 fully saturated rings. The number of thioether (sulfide) groups is 1. The first-order valence-electron chi connectivity index (χ1n) is 8.93. The van der Waals surface area contributed by atoms with Gasteiger partial charge in [0.1, 0.15) is 18.1 Å². The third kappa shape index (κ3) is 5.20. The quantitative estimate of drug-likeness (QED) is 0.432. The molecule has 0 radical (unpaired) electrons. The fourth-order valence-corrected chi connectivity index (χ4v) is 3.22. The van der Waals surface area contributed by atoms with E-state index in [1.54, 1.807) is 13.2 Å². The summed E-state index contributed by atoms with van der Waals surface area (Å²) in [6, 6.07) is 13.0. The number of amides is 1. The van der Waals surface area contributed by atoms with Crippen molar-refractivity contribution in [3.8, 4) is 11.5 Å². The number of aryl methyl sites for hydroxylation is 1. The van der Waals surface area contributed by atoms with Crippen LogP contribution >= 0.6 is 11.8 Å². The highest BCUT2D eigenvalue weighted by Gasteiger charge is 2.14. The molecule has 1 heterocycles. The second kappa shape index (κ2) is 9.33. The van der Waals surface area contributed by atoms with Crippen molar-refractivity contribution in [2.75, 3.05) is 24.0 Å². The van der Waals surface area contributed by atoms with Gasteiger partial charge in [0.25, 0.3) is 0 Å². The number of rotatable bonds is 8. The summed E-state index contributed by atoms with van der Waals surface area (Å²) >= 11 is 1.21. The largest absolute Gasteiger partial charge is 0.497 e. The van der Waals surface area contributed by atoms with Crippen LogP contribution in [-0.4, -0.2) is 33.6 Å². The summed E-state index contributed by atoms with van der Waals surface area (Å²) < 4.78 is 12.2. The molecule has 3 aromatic rings. The molecule has 0 bridgehead atoms. The average Bonchev–Trinajstić information content (AvgIpc) is 3.08. The summed E-state index contributed by atoms with van der Waals surface area (Å²) in [5.74, 6) is 7.85. The van der Waals surface area contributed by atoms with Crippen molar-refractivity contribution in [2.45, 2.75) is 25.6 Å². The zero-order chi connectivity index (χ0) is 20.8. The minimum Gasteiger partial charge on any atom is -0.497 e. The van der Waals surface area contributed by atoms with Crippen LogP contribution in [0.5, 0.6) is 11.5 Å². The molecule has 9 heteroatoms. The molecule has 2 aromatic carbocycles. The molecular formula is C20H23N5O3S. The lowest BCUT2D eigenvalue weighted by Crippen LogP contribution is -2.18. The van der Waals surface area contributed by atoms with E-state index in [0.29, 0.717) is 22.5 Å². The number of benzene rings is 2. The van der Waals surface area contributed by atoms with Crippen molar-refractivity contribution in [1.29, 1.82) is 0 Å². The van der Waals surface area contributed by atoms with Crippen LogP contribution in [0.15, 0.2) is 47.6 Å². The molecule has 3 rings (SSSR count). The SMILES string of the molecule is COc1cccc(OCc2nnc(SCC(=O)Nc3cccc(C)c3C)n2N)c1. The van der Waals surface area contributed by atoms with Gasteiger partial charge in [0.15, 0.2) is 5.82 Å². The lowest BCUT2D eigenvalue weighted by atomic mass is 10.1. The highest BCUT2D eigenvalue weighted by atomic mass is 32.2. The molecule has 0 saturated carbocycles. The van der Waals surface area contributed by atoms with Crippen molar-refractivity contribution in [2.24, 2.45) is 0 Å². The van der Waals surface area contributed by atoms with E-state index in [1.807, 2.05) is 50.2 Å². The Bertz CT molecular complexity index is 1010. The number of carbonyl (C=O) groups is 1. The van der Waals surface area contributed by atoms with E-state index in [1.165, 1.54) is 16.4 Å². The normalized spacial score (nSPS) is 10.6. The number of hydrogen-bond donors (Lipinski definition) is 2. The molecule has 29 heavy (non-hydrogen) atoms. The Kier molecular flexibility index (Phi) is 6.61. The summed E-state index contributed by atoms with van der Waals surface area (Å²) in [6.45, 7) is 4.13. The van der Waals surface area contributed by atoms with Gasteiger partial charge in [-0.1, -0.05) is 30.0 Å². The minimum atomic E-state index is -0.138. The van der Waals surface area contributed by atoms with Gasteiger partial charge >= 0.3 is 0 Å². The molecule has 0 saturated heterocycles. The summed E-state index contributed by atoms with van der Waals surface area (Å²) in [7, 11) is 1.59. The number of nitrogens with two attached hydrogens (primary N) is 1. The second-order valence-corrected chi connectivity index (χ2v) is 7.26. The maximum Gasteiger partial charge on any atom is 0.234 e. The van der Waals surface area contributed by atoms with Crippen molar-refractivity contribution >= 4 is 23.4 Å². The van der Waals surface area contributed by atoms with Gasteiger partial charge in [-0.15, -0.1) is 10.2 Å². The summed E-state index contributed by atoms with van der Waals surface area (Å²) in [5, 5.41) is 11.4. The molecule has 1 amide bonds. The van der Waals surface area contributed by atoms with Gasteiger partial charge in [0.05, 0.1) is 12.9 Å². The third-order valence-corrected chi connectivity index (χ3v) is 5.30. The first-order valence-corrected chi connectivity index (χ1v) is 9.91. The highest BCUT2D eigenvalue weighted by molar-refractivity contribution is 7.99. The van der Waals surface area contributed by atoms with Crippen molar-refractivity contribution in [3.05, 3.63) is 59.4 Å². The van der Waals surface area contributed by atoms with Crippen LogP contribution in [-0.2, 0) is 11.4 Å². The maximum atomic E-state index is 12.3. The van der Waals surface area contributed by atoms with Gasteiger partial charge in [-0.3, -0.25) is 4.79 Å². The van der Waals surface area contributed by atoms with Crippen molar-refractivity contribution in [1.82, 2.24) is 14.9 Å². The molecule has 8 nitrogen and oxygen atoms in total. The maximum absolute atomic E-state index is 12.3. The Morgan fingerprint density at radius 3 is 2.72 bits per heavy atom. The van der Waals surface area contributed by atoms with Crippen LogP contribution in [0, 0.1) is 13.8 Å². The van der Waals surface area contributed by atoms with Crippen molar-refractivity contribution < 1.29 is 14.3 Å². The number of nitrogens with zero attached hydrogens (tertiary/aromatic N) is 3. The number of nitrogens with one attached hydrogen (secondary N) is 1. The molecule has 0 aliphatic heterocycles. The molecule has 0 atom stereocenters. The molecule has 3 N–H and O–H groups in total. The highest BCUT2D eigenvalue weighted by Crippen LogP contribution is 2.21. The van der Waals surface area contributed by atoms with E-state index in [9.17, 15) is 4.79 Å². The molecule has 1 aromatic heterocycles. The Morgan fingerprint density at radius 1 is 1.17 bits per heavy atom. The minimum absolute atomic E-state index is 0.138. The van der Waals surface area contributed by atoms with E-state index in [-0.39, 0.29) is 18.3 Å². The number of nitrogen functional groups attached to an aromatic ring is 1. The molecule has 152 valence electrons. The smallest absolute Gasteiger partial charge is 0.234 e. The third-order valence-electron chi connectivity index (χ3n) is 4.36. The van der Waals surface area contributed by atoms with E-state index in [4.69, 9.17) is 15.3 Å². The zero-order valence-electron chi connectivity index (χ0n) is 16.5. The van der Waals surface area contributed by atoms with E-state index in [2.05, 4.69) is 15.5 Å². The van der Waals surface area contributed by atoms with Crippen LogP contribution in [0.1, 0.15) is 17.0 Å². The second-order valence-electron chi connectivity index (χ2n) is 6.32. The van der Waals surface area contributed by atoms with Crippen LogP contribution in [0.2, 0.25) is 0 Å². The van der Waals surface area contributed by atoms with Crippen molar-refractivity contribution in [3.63, 3.8) is 0 Å². The number of ether oxygens (including phenoxy) is 2. The number of aromatic nitrogens is 3. The van der Waals surface area contributed by atoms with Crippen LogP contribution in [0.3, 0.4) is 0 Å². The van der Waals surface area contributed by atoms with Gasteiger partial charge in [0.2, 0.25) is 11.1 Å². The molecule has 0 aliphatic carbocycles. The number of carbonyl (C=O) groups excluding carboxylic acids is 1. The molecular weight excluding hydrogens is 390 g/mol. The Balaban J connectivity index is 1.55. The Morgan fingerprint density at radius 2 is 1.93 bits per heavy atom. The molecule has 0 aliphatic rings. The fourth-order valence-electron chi connectivity index (χ4n) is 2.55. The fraction of sp³-hybridized carbons (Fsp3) is 0.250. The van der Waals surface area contributed by atoms with Gasteiger partial charge in [0, 0.05) is 11.8 Å². The van der Waals surface area contributed by atoms with Crippen LogP contribution in [0.25, 0.3) is 0 Å². The topological polar surface area (TPSA) is 104 Å². The number of anilines is 1. The first kappa shape index (κ1) is 20.5. The van der Waals surface area contributed by atoms with Gasteiger partial charge in [-0.05, 0) is 43.2 Å². The Hall–Kier alpha value is -3.20.